The number of benzene rings is 2. The molecule has 2 aromatic carbocycles. The van der Waals surface area contributed by atoms with Crippen LogP contribution in [0.5, 0.6) is 11.5 Å². The van der Waals surface area contributed by atoms with Crippen molar-refractivity contribution in [2.45, 2.75) is 6.42 Å². The van der Waals surface area contributed by atoms with Gasteiger partial charge in [0, 0.05) is 11.9 Å². The Labute approximate surface area is 148 Å². The number of nitrogens with zero attached hydrogens (tertiary/aromatic N) is 3. The van der Waals surface area contributed by atoms with Crippen LogP contribution in [0.4, 0.5) is 15.9 Å². The Morgan fingerprint density at radius 3 is 2.76 bits per heavy atom. The van der Waals surface area contributed by atoms with Gasteiger partial charge >= 0.3 is 0 Å². The molecule has 3 aromatic rings. The summed E-state index contributed by atoms with van der Waals surface area (Å²) in [6, 6.07) is 9.77. The van der Waals surface area contributed by atoms with Crippen molar-refractivity contribution in [1.82, 2.24) is 15.4 Å². The van der Waals surface area contributed by atoms with Gasteiger partial charge in [0.1, 0.15) is 11.3 Å². The van der Waals surface area contributed by atoms with E-state index in [0.29, 0.717) is 52.8 Å². The number of hydrogen-bond acceptors (Lipinski definition) is 6. The van der Waals surface area contributed by atoms with Crippen LogP contribution in [0, 0.1) is 5.82 Å². The molecule has 0 aliphatic heterocycles. The molecule has 130 valence electrons. The summed E-state index contributed by atoms with van der Waals surface area (Å²) >= 11 is 5.67. The average molecular weight is 363 g/mol. The number of para-hydroxylation sites is 1. The summed E-state index contributed by atoms with van der Waals surface area (Å²) in [5.74, 6) is 1.56. The molecule has 0 saturated heterocycles. The summed E-state index contributed by atoms with van der Waals surface area (Å²) in [6.07, 6.45) is 0.713. The molecule has 3 rings (SSSR count). The van der Waals surface area contributed by atoms with Crippen LogP contribution in [0.3, 0.4) is 0 Å². The average Bonchev–Trinajstić information content (AvgIpc) is 2.63. The summed E-state index contributed by atoms with van der Waals surface area (Å²) in [5.41, 5.74) is 0.848. The number of anilines is 2. The highest BCUT2D eigenvalue weighted by molar-refractivity contribution is 6.17. The minimum Gasteiger partial charge on any atom is -0.493 e. The topological polar surface area (TPSA) is 69.2 Å². The Hall–Kier alpha value is -2.67. The predicted octanol–water partition coefficient (Wildman–Crippen LogP) is 3.92. The number of nitrogens with one attached hydrogen (secondary N) is 1. The van der Waals surface area contributed by atoms with Gasteiger partial charge in [0.15, 0.2) is 17.3 Å². The minimum absolute atomic E-state index is 0.297. The van der Waals surface area contributed by atoms with Gasteiger partial charge in [-0.05, 0) is 29.8 Å². The fourth-order valence-corrected chi connectivity index (χ4v) is 2.39. The van der Waals surface area contributed by atoms with Crippen LogP contribution >= 0.6 is 11.6 Å². The van der Waals surface area contributed by atoms with Gasteiger partial charge < -0.3 is 14.8 Å². The van der Waals surface area contributed by atoms with Gasteiger partial charge in [-0.25, -0.2) is 4.39 Å². The van der Waals surface area contributed by atoms with Crippen LogP contribution in [0.2, 0.25) is 0 Å². The van der Waals surface area contributed by atoms with E-state index in [1.54, 1.807) is 37.4 Å². The van der Waals surface area contributed by atoms with E-state index in [9.17, 15) is 4.39 Å². The quantitative estimate of drug-likeness (QED) is 0.507. The molecule has 6 nitrogen and oxygen atoms in total. The van der Waals surface area contributed by atoms with Crippen molar-refractivity contribution in [2.75, 3.05) is 24.9 Å². The summed E-state index contributed by atoms with van der Waals surface area (Å²) in [4.78, 5) is 0. The molecule has 0 aliphatic carbocycles. The SMILES string of the molecule is COc1cc2c(Nc3ccccc3F)nnnc2cc1OCCCCl. The van der Waals surface area contributed by atoms with E-state index in [0.717, 1.165) is 0 Å². The maximum atomic E-state index is 13.9. The van der Waals surface area contributed by atoms with Crippen molar-refractivity contribution < 1.29 is 13.9 Å². The number of fused-ring (bicyclic) bond motifs is 1. The van der Waals surface area contributed by atoms with E-state index in [2.05, 4.69) is 20.7 Å². The van der Waals surface area contributed by atoms with Gasteiger partial charge in [-0.2, -0.15) is 0 Å². The van der Waals surface area contributed by atoms with Crippen LogP contribution < -0.4 is 14.8 Å². The van der Waals surface area contributed by atoms with E-state index in [1.807, 2.05) is 0 Å². The number of ether oxygens (including phenoxy) is 2. The molecule has 1 aromatic heterocycles. The number of alkyl halides is 1. The first-order valence-electron chi connectivity index (χ1n) is 7.64. The highest BCUT2D eigenvalue weighted by atomic mass is 35.5. The molecule has 0 spiro atoms. The normalized spacial score (nSPS) is 10.7. The second-order valence-corrected chi connectivity index (χ2v) is 5.53. The third-order valence-corrected chi connectivity index (χ3v) is 3.76. The standard InChI is InChI=1S/C17H16ClFN4O2/c1-24-15-9-11-14(10-16(15)25-8-4-7-18)21-23-22-17(11)20-13-6-3-2-5-12(13)19/h2-3,5-6,9-10H,4,7-8H2,1H3,(H,20,21,22). The molecule has 0 amide bonds. The van der Waals surface area contributed by atoms with Crippen molar-refractivity contribution in [3.63, 3.8) is 0 Å². The zero-order valence-electron chi connectivity index (χ0n) is 13.5. The van der Waals surface area contributed by atoms with Crippen molar-refractivity contribution in [3.8, 4) is 11.5 Å². The lowest BCUT2D eigenvalue weighted by Crippen LogP contribution is -2.03. The first kappa shape index (κ1) is 17.2. The second kappa shape index (κ2) is 7.94. The molecule has 0 saturated carbocycles. The van der Waals surface area contributed by atoms with Crippen LogP contribution in [0.1, 0.15) is 6.42 Å². The van der Waals surface area contributed by atoms with Gasteiger partial charge in [-0.3, -0.25) is 0 Å². The van der Waals surface area contributed by atoms with Crippen molar-refractivity contribution in [3.05, 3.63) is 42.2 Å². The number of methoxy groups -OCH3 is 1. The molecule has 8 heteroatoms. The molecule has 0 unspecified atom stereocenters. The molecule has 0 radical (unpaired) electrons. The molecule has 0 atom stereocenters. The molecule has 0 fully saturated rings. The maximum absolute atomic E-state index is 13.9. The van der Waals surface area contributed by atoms with Crippen molar-refractivity contribution >= 4 is 34.0 Å². The first-order chi connectivity index (χ1) is 12.2. The van der Waals surface area contributed by atoms with E-state index in [-0.39, 0.29) is 5.82 Å². The van der Waals surface area contributed by atoms with Crippen LogP contribution in [0.15, 0.2) is 36.4 Å². The Morgan fingerprint density at radius 1 is 1.16 bits per heavy atom. The van der Waals surface area contributed by atoms with Crippen LogP contribution in [0.25, 0.3) is 10.9 Å². The predicted molar refractivity (Wildman–Crippen MR) is 94.4 cm³/mol. The van der Waals surface area contributed by atoms with E-state index in [1.165, 1.54) is 6.07 Å². The Kier molecular flexibility index (Phi) is 5.45. The zero-order chi connectivity index (χ0) is 17.6. The van der Waals surface area contributed by atoms with Gasteiger partial charge in [0.25, 0.3) is 0 Å². The van der Waals surface area contributed by atoms with E-state index >= 15 is 0 Å². The lowest BCUT2D eigenvalue weighted by molar-refractivity contribution is 0.295. The lowest BCUT2D eigenvalue weighted by Gasteiger charge is -2.13. The summed E-state index contributed by atoms with van der Waals surface area (Å²) in [7, 11) is 1.54. The molecule has 1 N–H and O–H groups in total. The van der Waals surface area contributed by atoms with E-state index < -0.39 is 0 Å². The highest BCUT2D eigenvalue weighted by Gasteiger charge is 2.13. The molecular formula is C17H16ClFN4O2. The second-order valence-electron chi connectivity index (χ2n) is 5.15. The summed E-state index contributed by atoms with van der Waals surface area (Å²) < 4.78 is 24.9. The summed E-state index contributed by atoms with van der Waals surface area (Å²) in [5, 5.41) is 15.3. The Balaban J connectivity index is 1.99. The fourth-order valence-electron chi connectivity index (χ4n) is 2.28. The van der Waals surface area contributed by atoms with Gasteiger partial charge in [-0.15, -0.1) is 21.8 Å². The smallest absolute Gasteiger partial charge is 0.164 e. The number of hydrogen-bond donors (Lipinski definition) is 1. The molecule has 0 bridgehead atoms. The molecule has 1 heterocycles. The Bertz CT molecular complexity index is 878. The fraction of sp³-hybridized carbons (Fsp3) is 0.235. The Morgan fingerprint density at radius 2 is 2.00 bits per heavy atom. The van der Waals surface area contributed by atoms with E-state index in [4.69, 9.17) is 21.1 Å². The van der Waals surface area contributed by atoms with Gasteiger partial charge in [0.05, 0.1) is 24.8 Å². The third-order valence-electron chi connectivity index (χ3n) is 3.50. The van der Waals surface area contributed by atoms with Crippen molar-refractivity contribution in [2.24, 2.45) is 0 Å². The maximum Gasteiger partial charge on any atom is 0.164 e. The first-order valence-corrected chi connectivity index (χ1v) is 8.18. The van der Waals surface area contributed by atoms with Crippen LogP contribution in [-0.4, -0.2) is 35.0 Å². The third kappa shape index (κ3) is 3.88. The number of rotatable bonds is 7. The monoisotopic (exact) mass is 362 g/mol. The van der Waals surface area contributed by atoms with Crippen molar-refractivity contribution in [1.29, 1.82) is 0 Å². The van der Waals surface area contributed by atoms with Crippen LogP contribution in [-0.2, 0) is 0 Å². The molecule has 25 heavy (non-hydrogen) atoms. The highest BCUT2D eigenvalue weighted by Crippen LogP contribution is 2.34. The van der Waals surface area contributed by atoms with Gasteiger partial charge in [0.2, 0.25) is 0 Å². The minimum atomic E-state index is -0.387. The summed E-state index contributed by atoms with van der Waals surface area (Å²) in [6.45, 7) is 0.463. The largest absolute Gasteiger partial charge is 0.493 e. The zero-order valence-corrected chi connectivity index (χ0v) is 14.3. The number of aromatic nitrogens is 3. The number of halogens is 2. The lowest BCUT2D eigenvalue weighted by atomic mass is 10.2. The van der Waals surface area contributed by atoms with Gasteiger partial charge in [-0.1, -0.05) is 12.1 Å². The molecular weight excluding hydrogens is 347 g/mol. The molecule has 0 aliphatic rings.